The Labute approximate surface area is 158 Å². The van der Waals surface area contributed by atoms with Crippen molar-refractivity contribution < 1.29 is 8.42 Å². The number of nitrogens with one attached hydrogen (secondary N) is 1. The van der Waals surface area contributed by atoms with Crippen LogP contribution in [0.3, 0.4) is 0 Å². The molecule has 0 heterocycles. The summed E-state index contributed by atoms with van der Waals surface area (Å²) < 4.78 is 27.8. The summed E-state index contributed by atoms with van der Waals surface area (Å²) in [5.74, 6) is 0. The van der Waals surface area contributed by atoms with Crippen molar-refractivity contribution in [2.45, 2.75) is 11.8 Å². The Hall–Kier alpha value is -2.56. The highest BCUT2D eigenvalue weighted by atomic mass is 35.5. The van der Waals surface area contributed by atoms with Crippen molar-refractivity contribution in [1.29, 1.82) is 0 Å². The Kier molecular flexibility index (Phi) is 4.10. The first kappa shape index (κ1) is 16.9. The van der Waals surface area contributed by atoms with E-state index < -0.39 is 10.0 Å². The minimum absolute atomic E-state index is 0.227. The van der Waals surface area contributed by atoms with Gasteiger partial charge in [-0.05, 0) is 41.8 Å². The van der Waals surface area contributed by atoms with Crippen LogP contribution in [0.5, 0.6) is 0 Å². The molecule has 1 aliphatic rings. The molecule has 1 N–H and O–H groups in total. The van der Waals surface area contributed by atoms with E-state index >= 15 is 0 Å². The molecule has 5 heteroatoms. The molecule has 0 aliphatic heterocycles. The number of fused-ring (bicyclic) bond motifs is 3. The predicted octanol–water partition coefficient (Wildman–Crippen LogP) is 5.00. The molecule has 0 saturated carbocycles. The van der Waals surface area contributed by atoms with Crippen LogP contribution in [0.25, 0.3) is 16.7 Å². The molecule has 0 unspecified atom stereocenters. The van der Waals surface area contributed by atoms with Gasteiger partial charge >= 0.3 is 0 Å². The molecule has 0 aromatic heterocycles. The third kappa shape index (κ3) is 2.81. The zero-order valence-electron chi connectivity index (χ0n) is 14.0. The Bertz CT molecular complexity index is 1130. The van der Waals surface area contributed by atoms with Gasteiger partial charge < -0.3 is 0 Å². The molecule has 0 radical (unpaired) electrons. The molecule has 0 bridgehead atoms. The summed E-state index contributed by atoms with van der Waals surface area (Å²) in [5, 5.41) is 0.597. The molecule has 3 aromatic carbocycles. The van der Waals surface area contributed by atoms with Crippen molar-refractivity contribution in [1.82, 2.24) is 4.72 Å². The molecular formula is C21H16ClNO2S. The van der Waals surface area contributed by atoms with Gasteiger partial charge in [0.1, 0.15) is 0 Å². The summed E-state index contributed by atoms with van der Waals surface area (Å²) in [7, 11) is -3.65. The Balaban J connectivity index is 1.79. The zero-order chi connectivity index (χ0) is 18.3. The molecule has 4 rings (SSSR count). The Morgan fingerprint density at radius 1 is 0.846 bits per heavy atom. The Morgan fingerprint density at radius 2 is 1.50 bits per heavy atom. The maximum Gasteiger partial charge on any atom is 0.261 e. The second-order valence-corrected chi connectivity index (χ2v) is 8.32. The van der Waals surface area contributed by atoms with Crippen LogP contribution in [-0.2, 0) is 10.0 Å². The molecule has 1 aliphatic carbocycles. The lowest BCUT2D eigenvalue weighted by Crippen LogP contribution is -2.18. The maximum absolute atomic E-state index is 12.6. The smallest absolute Gasteiger partial charge is 0.261 e. The molecule has 130 valence electrons. The van der Waals surface area contributed by atoms with Gasteiger partial charge in [0.25, 0.3) is 10.0 Å². The minimum Gasteiger partial charge on any atom is -0.286 e. The van der Waals surface area contributed by atoms with Crippen molar-refractivity contribution in [3.8, 4) is 11.1 Å². The van der Waals surface area contributed by atoms with E-state index in [2.05, 4.69) is 4.72 Å². The predicted molar refractivity (Wildman–Crippen MR) is 105 cm³/mol. The van der Waals surface area contributed by atoms with Gasteiger partial charge in [-0.25, -0.2) is 8.42 Å². The van der Waals surface area contributed by atoms with E-state index in [9.17, 15) is 8.42 Å². The lowest BCUT2D eigenvalue weighted by atomic mass is 10.1. The lowest BCUT2D eigenvalue weighted by Gasteiger charge is -2.08. The molecular weight excluding hydrogens is 366 g/mol. The average Bonchev–Trinajstić information content (AvgIpc) is 2.96. The van der Waals surface area contributed by atoms with E-state index in [1.807, 2.05) is 49.4 Å². The summed E-state index contributed by atoms with van der Waals surface area (Å²) in [6.07, 6.45) is 1.53. The number of hydrogen-bond donors (Lipinski definition) is 1. The van der Waals surface area contributed by atoms with Crippen LogP contribution < -0.4 is 4.72 Å². The van der Waals surface area contributed by atoms with Crippen LogP contribution in [0, 0.1) is 6.92 Å². The van der Waals surface area contributed by atoms with Crippen molar-refractivity contribution in [3.63, 3.8) is 0 Å². The van der Waals surface area contributed by atoms with Gasteiger partial charge in [-0.2, -0.15) is 0 Å². The zero-order valence-corrected chi connectivity index (χ0v) is 15.6. The molecule has 26 heavy (non-hydrogen) atoms. The lowest BCUT2D eigenvalue weighted by molar-refractivity contribution is 0.590. The highest BCUT2D eigenvalue weighted by molar-refractivity contribution is 7.89. The largest absolute Gasteiger partial charge is 0.286 e. The number of hydrogen-bond acceptors (Lipinski definition) is 2. The van der Waals surface area contributed by atoms with Gasteiger partial charge in [0.15, 0.2) is 0 Å². The molecule has 0 amide bonds. The van der Waals surface area contributed by atoms with Crippen LogP contribution in [0.15, 0.2) is 77.8 Å². The highest BCUT2D eigenvalue weighted by Crippen LogP contribution is 2.46. The normalized spacial score (nSPS) is 14.2. The first-order chi connectivity index (χ1) is 12.5. The third-order valence-corrected chi connectivity index (χ3v) is 6.12. The van der Waals surface area contributed by atoms with Crippen molar-refractivity contribution in [2.24, 2.45) is 0 Å². The fraction of sp³-hybridized carbons (Fsp3) is 0.0476. The number of aryl methyl sites for hydroxylation is 1. The van der Waals surface area contributed by atoms with E-state index in [0.29, 0.717) is 5.02 Å². The van der Waals surface area contributed by atoms with Gasteiger partial charge in [0, 0.05) is 22.4 Å². The van der Waals surface area contributed by atoms with Crippen molar-refractivity contribution >= 4 is 27.2 Å². The average molecular weight is 382 g/mol. The summed E-state index contributed by atoms with van der Waals surface area (Å²) in [6.45, 7) is 1.92. The molecule has 0 atom stereocenters. The van der Waals surface area contributed by atoms with Gasteiger partial charge in [0.2, 0.25) is 0 Å². The summed E-state index contributed by atoms with van der Waals surface area (Å²) >= 11 is 6.42. The molecule has 3 aromatic rings. The van der Waals surface area contributed by atoms with E-state index in [-0.39, 0.29) is 4.90 Å². The van der Waals surface area contributed by atoms with Crippen LogP contribution in [0.1, 0.15) is 16.7 Å². The third-order valence-electron chi connectivity index (χ3n) is 4.48. The highest BCUT2D eigenvalue weighted by Gasteiger charge is 2.25. The fourth-order valence-corrected chi connectivity index (χ4v) is 4.36. The second kappa shape index (κ2) is 6.31. The van der Waals surface area contributed by atoms with Crippen LogP contribution in [0.4, 0.5) is 0 Å². The number of halogens is 1. The van der Waals surface area contributed by atoms with Crippen LogP contribution in [0.2, 0.25) is 5.02 Å². The van der Waals surface area contributed by atoms with E-state index in [0.717, 1.165) is 33.4 Å². The van der Waals surface area contributed by atoms with Gasteiger partial charge in [-0.1, -0.05) is 65.7 Å². The topological polar surface area (TPSA) is 46.2 Å². The van der Waals surface area contributed by atoms with E-state index in [1.54, 1.807) is 24.3 Å². The Morgan fingerprint density at radius 3 is 2.23 bits per heavy atom. The minimum atomic E-state index is -3.65. The van der Waals surface area contributed by atoms with Crippen LogP contribution >= 0.6 is 11.6 Å². The molecule has 0 fully saturated rings. The maximum atomic E-state index is 12.6. The summed E-state index contributed by atoms with van der Waals surface area (Å²) in [5.41, 5.74) is 5.65. The van der Waals surface area contributed by atoms with Gasteiger partial charge in [-0.3, -0.25) is 4.72 Å². The van der Waals surface area contributed by atoms with E-state index in [1.165, 1.54) is 6.20 Å². The number of rotatable bonds is 3. The van der Waals surface area contributed by atoms with E-state index in [4.69, 9.17) is 11.6 Å². The first-order valence-electron chi connectivity index (χ1n) is 8.15. The SMILES string of the molecule is Cc1ccc(S(=O)(=O)NC=C2c3ccccc3-c3cccc(Cl)c32)cc1. The first-order valence-corrected chi connectivity index (χ1v) is 10.0. The standard InChI is InChI=1S/C21H16ClNO2S/c1-14-9-11-15(12-10-14)26(24,25)23-13-19-17-6-3-2-5-16(17)18-7-4-8-20(22)21(18)19/h2-13,23H,1H3. The van der Waals surface area contributed by atoms with Crippen LogP contribution in [-0.4, -0.2) is 8.42 Å². The quantitative estimate of drug-likeness (QED) is 0.543. The van der Waals surface area contributed by atoms with Gasteiger partial charge in [-0.15, -0.1) is 0 Å². The summed E-state index contributed by atoms with van der Waals surface area (Å²) in [4.78, 5) is 0.227. The monoisotopic (exact) mass is 381 g/mol. The van der Waals surface area contributed by atoms with Gasteiger partial charge in [0.05, 0.1) is 4.90 Å². The van der Waals surface area contributed by atoms with Crippen molar-refractivity contribution in [3.05, 3.63) is 94.6 Å². The molecule has 3 nitrogen and oxygen atoms in total. The summed E-state index contributed by atoms with van der Waals surface area (Å²) in [6, 6.07) is 20.3. The number of benzene rings is 3. The van der Waals surface area contributed by atoms with Crippen molar-refractivity contribution in [2.75, 3.05) is 0 Å². The second-order valence-electron chi connectivity index (χ2n) is 6.20. The fourth-order valence-electron chi connectivity index (χ4n) is 3.18. The molecule has 0 spiro atoms. The number of sulfonamides is 1. The molecule has 0 saturated heterocycles.